The van der Waals surface area contributed by atoms with Crippen molar-refractivity contribution in [3.63, 3.8) is 0 Å². The van der Waals surface area contributed by atoms with Crippen molar-refractivity contribution in [1.29, 1.82) is 5.26 Å². The van der Waals surface area contributed by atoms with E-state index in [0.29, 0.717) is 0 Å². The molecule has 0 aliphatic rings. The highest BCUT2D eigenvalue weighted by Crippen LogP contribution is 2.17. The van der Waals surface area contributed by atoms with E-state index in [-0.39, 0.29) is 5.41 Å². The number of rotatable bonds is 5. The van der Waals surface area contributed by atoms with Gasteiger partial charge in [-0.05, 0) is 45.9 Å². The molecule has 3 nitrogen and oxygen atoms in total. The normalized spacial score (nSPS) is 11.3. The largest absolute Gasteiger partial charge is 0.465 e. The van der Waals surface area contributed by atoms with E-state index in [1.807, 2.05) is 32.9 Å². The van der Waals surface area contributed by atoms with Crippen LogP contribution < -0.4 is 5.32 Å². The molecule has 1 aromatic heterocycles. The molecular weight excluding hydrogens is 188 g/mol. The second kappa shape index (κ2) is 4.99. The maximum atomic E-state index is 8.82. The highest BCUT2D eigenvalue weighted by Gasteiger charge is 2.15. The van der Waals surface area contributed by atoms with Crippen LogP contribution in [0.5, 0.6) is 0 Å². The first-order valence-corrected chi connectivity index (χ1v) is 5.21. The van der Waals surface area contributed by atoms with Gasteiger partial charge in [-0.25, -0.2) is 0 Å². The molecule has 15 heavy (non-hydrogen) atoms. The summed E-state index contributed by atoms with van der Waals surface area (Å²) in [5.74, 6) is 1.88. The van der Waals surface area contributed by atoms with Gasteiger partial charge in [0.25, 0.3) is 0 Å². The Balaban J connectivity index is 2.21. The van der Waals surface area contributed by atoms with Crippen molar-refractivity contribution >= 4 is 0 Å². The fraction of sp³-hybridized carbons (Fsp3) is 0.583. The Morgan fingerprint density at radius 1 is 1.47 bits per heavy atom. The number of furan rings is 1. The number of nitriles is 1. The molecule has 0 fully saturated rings. The lowest BCUT2D eigenvalue weighted by molar-refractivity contribution is 0.413. The monoisotopic (exact) mass is 206 g/mol. The van der Waals surface area contributed by atoms with Crippen LogP contribution in [0.3, 0.4) is 0 Å². The average Bonchev–Trinajstić information content (AvgIpc) is 2.59. The first-order valence-electron chi connectivity index (χ1n) is 5.21. The second-order valence-corrected chi connectivity index (χ2v) is 4.43. The smallest absolute Gasteiger partial charge is 0.117 e. The van der Waals surface area contributed by atoms with Gasteiger partial charge in [0.2, 0.25) is 0 Å². The minimum atomic E-state index is -0.244. The van der Waals surface area contributed by atoms with E-state index in [9.17, 15) is 0 Å². The quantitative estimate of drug-likeness (QED) is 0.753. The van der Waals surface area contributed by atoms with Crippen molar-refractivity contribution in [2.75, 3.05) is 6.54 Å². The van der Waals surface area contributed by atoms with Gasteiger partial charge in [-0.3, -0.25) is 0 Å². The molecule has 0 amide bonds. The molecule has 0 atom stereocenters. The third kappa shape index (κ3) is 4.18. The van der Waals surface area contributed by atoms with Crippen molar-refractivity contribution in [1.82, 2.24) is 5.32 Å². The van der Waals surface area contributed by atoms with E-state index in [1.54, 1.807) is 0 Å². The third-order valence-corrected chi connectivity index (χ3v) is 2.32. The Morgan fingerprint density at radius 3 is 2.73 bits per heavy atom. The van der Waals surface area contributed by atoms with Crippen LogP contribution in [0.25, 0.3) is 0 Å². The minimum absolute atomic E-state index is 0.244. The molecule has 82 valence electrons. The molecule has 1 rings (SSSR count). The Labute approximate surface area is 91.1 Å². The van der Waals surface area contributed by atoms with E-state index in [2.05, 4.69) is 11.4 Å². The van der Waals surface area contributed by atoms with Crippen molar-refractivity contribution in [3.05, 3.63) is 23.7 Å². The summed E-state index contributed by atoms with van der Waals surface area (Å²) in [6, 6.07) is 6.21. The van der Waals surface area contributed by atoms with Gasteiger partial charge in [-0.2, -0.15) is 5.26 Å². The second-order valence-electron chi connectivity index (χ2n) is 4.43. The van der Waals surface area contributed by atoms with Crippen LogP contribution in [-0.2, 0) is 6.54 Å². The van der Waals surface area contributed by atoms with Gasteiger partial charge in [0.15, 0.2) is 0 Å². The summed E-state index contributed by atoms with van der Waals surface area (Å²) in [4.78, 5) is 0. The number of nitrogens with one attached hydrogen (secondary N) is 1. The van der Waals surface area contributed by atoms with Crippen LogP contribution in [0, 0.1) is 23.7 Å². The van der Waals surface area contributed by atoms with Crippen molar-refractivity contribution in [3.8, 4) is 6.07 Å². The van der Waals surface area contributed by atoms with Gasteiger partial charge in [-0.15, -0.1) is 0 Å². The highest BCUT2D eigenvalue weighted by molar-refractivity contribution is 5.05. The molecule has 0 aliphatic carbocycles. The SMILES string of the molecule is Cc1ccc(CNCCC(C)(C)C#N)o1. The van der Waals surface area contributed by atoms with Crippen LogP contribution >= 0.6 is 0 Å². The lowest BCUT2D eigenvalue weighted by Gasteiger charge is -2.14. The van der Waals surface area contributed by atoms with Gasteiger partial charge in [-0.1, -0.05) is 0 Å². The Morgan fingerprint density at radius 2 is 2.20 bits per heavy atom. The number of nitrogens with zero attached hydrogens (tertiary/aromatic N) is 1. The van der Waals surface area contributed by atoms with Crippen LogP contribution in [0.4, 0.5) is 0 Å². The van der Waals surface area contributed by atoms with Crippen LogP contribution in [0.2, 0.25) is 0 Å². The molecule has 3 heteroatoms. The van der Waals surface area contributed by atoms with Gasteiger partial charge < -0.3 is 9.73 Å². The lowest BCUT2D eigenvalue weighted by Crippen LogP contribution is -2.20. The molecule has 0 unspecified atom stereocenters. The van der Waals surface area contributed by atoms with Gasteiger partial charge >= 0.3 is 0 Å². The zero-order chi connectivity index (χ0) is 11.3. The molecule has 0 spiro atoms. The fourth-order valence-corrected chi connectivity index (χ4v) is 1.25. The predicted molar refractivity (Wildman–Crippen MR) is 59.2 cm³/mol. The fourth-order valence-electron chi connectivity index (χ4n) is 1.25. The maximum absolute atomic E-state index is 8.82. The number of hydrogen-bond acceptors (Lipinski definition) is 3. The summed E-state index contributed by atoms with van der Waals surface area (Å²) < 4.78 is 5.41. The Kier molecular flexibility index (Phi) is 3.93. The third-order valence-electron chi connectivity index (χ3n) is 2.32. The lowest BCUT2D eigenvalue weighted by atomic mass is 9.91. The molecule has 0 aliphatic heterocycles. The molecule has 0 radical (unpaired) electrons. The highest BCUT2D eigenvalue weighted by atomic mass is 16.3. The first kappa shape index (κ1) is 11.8. The van der Waals surface area contributed by atoms with Crippen LogP contribution in [-0.4, -0.2) is 6.54 Å². The van der Waals surface area contributed by atoms with E-state index in [1.165, 1.54) is 0 Å². The summed E-state index contributed by atoms with van der Waals surface area (Å²) in [5.41, 5.74) is -0.244. The maximum Gasteiger partial charge on any atom is 0.117 e. The Bertz CT molecular complexity index is 347. The standard InChI is InChI=1S/C12H18N2O/c1-10-4-5-11(15-10)8-14-7-6-12(2,3)9-13/h4-5,14H,6-8H2,1-3H3. The summed E-state index contributed by atoms with van der Waals surface area (Å²) >= 11 is 0. The molecule has 0 saturated heterocycles. The van der Waals surface area contributed by atoms with Gasteiger partial charge in [0.1, 0.15) is 11.5 Å². The minimum Gasteiger partial charge on any atom is -0.465 e. The average molecular weight is 206 g/mol. The van der Waals surface area contributed by atoms with Crippen molar-refractivity contribution < 1.29 is 4.42 Å². The van der Waals surface area contributed by atoms with Gasteiger partial charge in [0.05, 0.1) is 18.0 Å². The van der Waals surface area contributed by atoms with Gasteiger partial charge in [0, 0.05) is 0 Å². The number of aryl methyl sites for hydroxylation is 1. The molecule has 1 aromatic rings. The molecule has 0 saturated carbocycles. The summed E-state index contributed by atoms with van der Waals surface area (Å²) in [5, 5.41) is 12.1. The molecule has 1 heterocycles. The molecule has 0 aromatic carbocycles. The topological polar surface area (TPSA) is 49.0 Å². The first-order chi connectivity index (χ1) is 7.03. The number of hydrogen-bond donors (Lipinski definition) is 1. The Hall–Kier alpha value is -1.27. The van der Waals surface area contributed by atoms with E-state index < -0.39 is 0 Å². The predicted octanol–water partition coefficient (Wildman–Crippen LogP) is 2.62. The zero-order valence-electron chi connectivity index (χ0n) is 9.63. The van der Waals surface area contributed by atoms with E-state index in [0.717, 1.165) is 31.0 Å². The summed E-state index contributed by atoms with van der Waals surface area (Å²) in [7, 11) is 0. The van der Waals surface area contributed by atoms with Crippen LogP contribution in [0.15, 0.2) is 16.5 Å². The van der Waals surface area contributed by atoms with Crippen LogP contribution in [0.1, 0.15) is 31.8 Å². The van der Waals surface area contributed by atoms with E-state index in [4.69, 9.17) is 9.68 Å². The molecular formula is C12H18N2O. The summed E-state index contributed by atoms with van der Waals surface area (Å²) in [6.45, 7) is 7.40. The molecule has 0 bridgehead atoms. The molecule has 1 N–H and O–H groups in total. The van der Waals surface area contributed by atoms with Crippen molar-refractivity contribution in [2.24, 2.45) is 5.41 Å². The summed E-state index contributed by atoms with van der Waals surface area (Å²) in [6.07, 6.45) is 0.850. The van der Waals surface area contributed by atoms with E-state index >= 15 is 0 Å². The zero-order valence-corrected chi connectivity index (χ0v) is 9.63. The van der Waals surface area contributed by atoms with Crippen molar-refractivity contribution in [2.45, 2.75) is 33.7 Å².